The molecular formula is C81H133NO18. The van der Waals surface area contributed by atoms with Crippen LogP contribution in [0.3, 0.4) is 0 Å². The maximum absolute atomic E-state index is 13.4. The average Bonchev–Trinajstić information content (AvgIpc) is 0.783. The van der Waals surface area contributed by atoms with Crippen molar-refractivity contribution in [1.82, 2.24) is 5.32 Å². The van der Waals surface area contributed by atoms with Crippen LogP contribution in [0.4, 0.5) is 0 Å². The van der Waals surface area contributed by atoms with Crippen molar-refractivity contribution in [2.24, 2.45) is 0 Å². The first-order valence-corrected chi connectivity index (χ1v) is 38.1. The normalized spacial score (nSPS) is 27.3. The first-order valence-electron chi connectivity index (χ1n) is 38.1. The number of nitrogens with one attached hydrogen (secondary N) is 1. The second kappa shape index (κ2) is 60.0. The van der Waals surface area contributed by atoms with Crippen molar-refractivity contribution in [1.29, 1.82) is 0 Å². The lowest BCUT2D eigenvalue weighted by molar-refractivity contribution is -0.379. The van der Waals surface area contributed by atoms with Gasteiger partial charge >= 0.3 is 0 Å². The van der Waals surface area contributed by atoms with Gasteiger partial charge in [-0.1, -0.05) is 262 Å². The van der Waals surface area contributed by atoms with Gasteiger partial charge in [0.2, 0.25) is 5.91 Å². The summed E-state index contributed by atoms with van der Waals surface area (Å²) >= 11 is 0. The molecule has 0 spiro atoms. The molecule has 17 unspecified atom stereocenters. The van der Waals surface area contributed by atoms with Gasteiger partial charge in [0, 0.05) is 6.42 Å². The SMILES string of the molecule is CC/C=C\C/C=C\C/C=C\C/C=C\C/C=C\C/C=C\C/C=C\C/C=C\C/C=C\C/C=C\C/C=C\CCCCCCCCCC(=O)NC(COC1OC(CO)C(OC2OC(CO)C(OC3OC(CO)C(O)C(O)C3O)C(O)C2O)C(O)C1O)C(O)/C=C/CCCCCCCCCCCCCC. The van der Waals surface area contributed by atoms with Gasteiger partial charge in [-0.15, -0.1) is 0 Å². The molecule has 19 nitrogen and oxygen atoms in total. The molecule has 0 bridgehead atoms. The molecule has 0 aromatic rings. The number of hydrogen-bond acceptors (Lipinski definition) is 18. The highest BCUT2D eigenvalue weighted by Gasteiger charge is 2.53. The van der Waals surface area contributed by atoms with Crippen LogP contribution in [0.1, 0.15) is 226 Å². The lowest BCUT2D eigenvalue weighted by Gasteiger charge is -2.48. The molecule has 19 heteroatoms. The predicted octanol–water partition coefficient (Wildman–Crippen LogP) is 11.9. The number of aliphatic hydroxyl groups excluding tert-OH is 11. The molecule has 0 aliphatic carbocycles. The molecule has 3 heterocycles. The summed E-state index contributed by atoms with van der Waals surface area (Å²) in [5.41, 5.74) is 0. The van der Waals surface area contributed by atoms with Crippen LogP contribution in [0, 0.1) is 0 Å². The lowest BCUT2D eigenvalue weighted by Crippen LogP contribution is -2.66. The van der Waals surface area contributed by atoms with Crippen LogP contribution < -0.4 is 5.32 Å². The highest BCUT2D eigenvalue weighted by atomic mass is 16.8. The first kappa shape index (κ1) is 89.9. The van der Waals surface area contributed by atoms with Crippen molar-refractivity contribution < 1.29 is 89.4 Å². The Labute approximate surface area is 600 Å². The van der Waals surface area contributed by atoms with Gasteiger partial charge in [-0.2, -0.15) is 0 Å². The van der Waals surface area contributed by atoms with Crippen LogP contribution in [-0.2, 0) is 33.2 Å². The van der Waals surface area contributed by atoms with Crippen LogP contribution >= 0.6 is 0 Å². The largest absolute Gasteiger partial charge is 0.394 e. The summed E-state index contributed by atoms with van der Waals surface area (Å²) in [7, 11) is 0. The van der Waals surface area contributed by atoms with Crippen LogP contribution in [0.2, 0.25) is 0 Å². The fourth-order valence-electron chi connectivity index (χ4n) is 11.8. The van der Waals surface area contributed by atoms with E-state index in [1.165, 1.54) is 57.8 Å². The van der Waals surface area contributed by atoms with Crippen LogP contribution in [0.15, 0.2) is 146 Å². The zero-order chi connectivity index (χ0) is 72.5. The van der Waals surface area contributed by atoms with E-state index in [4.69, 9.17) is 28.4 Å². The lowest BCUT2D eigenvalue weighted by atomic mass is 9.96. The van der Waals surface area contributed by atoms with E-state index in [9.17, 15) is 61.0 Å². The molecule has 3 saturated heterocycles. The number of rotatable bonds is 57. The topological polar surface area (TPSA) is 307 Å². The fraction of sp³-hybridized carbons (Fsp3) is 0.691. The molecule has 12 N–H and O–H groups in total. The van der Waals surface area contributed by atoms with Crippen LogP contribution in [-0.4, -0.2) is 193 Å². The minimum atomic E-state index is -1.99. The number of carbonyl (C=O) groups is 1. The monoisotopic (exact) mass is 1410 g/mol. The molecule has 3 aliphatic heterocycles. The Morgan fingerprint density at radius 3 is 1.08 bits per heavy atom. The highest BCUT2D eigenvalue weighted by molar-refractivity contribution is 5.76. The smallest absolute Gasteiger partial charge is 0.220 e. The van der Waals surface area contributed by atoms with Crippen molar-refractivity contribution >= 4 is 5.91 Å². The minimum Gasteiger partial charge on any atom is -0.394 e. The van der Waals surface area contributed by atoms with Gasteiger partial charge in [-0.3, -0.25) is 4.79 Å². The third-order valence-corrected chi connectivity index (χ3v) is 17.9. The van der Waals surface area contributed by atoms with E-state index in [2.05, 4.69) is 153 Å². The molecule has 1 amide bonds. The van der Waals surface area contributed by atoms with Gasteiger partial charge in [0.05, 0.1) is 38.6 Å². The maximum Gasteiger partial charge on any atom is 0.220 e. The van der Waals surface area contributed by atoms with E-state index in [1.54, 1.807) is 6.08 Å². The van der Waals surface area contributed by atoms with Crippen molar-refractivity contribution in [3.63, 3.8) is 0 Å². The van der Waals surface area contributed by atoms with Crippen molar-refractivity contribution in [3.8, 4) is 0 Å². The summed E-state index contributed by atoms with van der Waals surface area (Å²) in [6.07, 6.45) is 59.7. The summed E-state index contributed by atoms with van der Waals surface area (Å²) < 4.78 is 34.3. The van der Waals surface area contributed by atoms with Crippen LogP contribution in [0.5, 0.6) is 0 Å². The van der Waals surface area contributed by atoms with Gasteiger partial charge in [0.1, 0.15) is 73.2 Å². The Balaban J connectivity index is 1.34. The van der Waals surface area contributed by atoms with E-state index in [1.807, 2.05) is 6.08 Å². The van der Waals surface area contributed by atoms with E-state index in [0.717, 1.165) is 141 Å². The second-order valence-electron chi connectivity index (χ2n) is 26.4. The second-order valence-corrected chi connectivity index (χ2v) is 26.4. The Kier molecular flexibility index (Phi) is 53.9. The van der Waals surface area contributed by atoms with E-state index >= 15 is 0 Å². The van der Waals surface area contributed by atoms with Crippen molar-refractivity contribution in [3.05, 3.63) is 146 Å². The summed E-state index contributed by atoms with van der Waals surface area (Å²) in [6, 6.07) is -0.989. The quantitative estimate of drug-likeness (QED) is 0.0199. The summed E-state index contributed by atoms with van der Waals surface area (Å²) in [4.78, 5) is 13.4. The number of amides is 1. The number of unbranched alkanes of at least 4 members (excludes halogenated alkanes) is 19. The molecule has 0 radical (unpaired) electrons. The standard InChI is InChI=1S/C81H133NO18/c1-3-5-7-9-11-13-15-17-19-20-21-22-23-24-25-26-27-28-29-30-31-32-33-34-35-36-37-38-39-40-41-42-43-44-45-47-49-51-53-55-57-59-69(87)82-64(65(86)58-56-54-52-50-48-46-18-16-14-12-10-8-6-4-2)63-95-79-75(93)72(90)77(67(61-84)97-79)100-81-76(94)73(91)78(68(62-85)98-81)99-80-74(92)71(89)70(88)66(60-83)96-80/h5,7,11,13,17,19,21-22,24-25,27-28,30-31,33-34,36-37,39-40,42-43,56,58,64-68,70-81,83-86,88-94H,3-4,6,8-10,12,14-16,18,20,23,26,29,32,35,38,41,44-55,57,59-63H2,1-2H3,(H,82,87)/b7-5-,13-11-,19-17-,22-21-,25-24-,28-27-,31-30-,34-33-,37-36-,40-39-,43-42-,58-56+. The summed E-state index contributed by atoms with van der Waals surface area (Å²) in [5.74, 6) is -0.293. The molecule has 100 heavy (non-hydrogen) atoms. The zero-order valence-electron chi connectivity index (χ0n) is 60.6. The minimum absolute atomic E-state index is 0.221. The number of allylic oxidation sites excluding steroid dienone is 23. The summed E-state index contributed by atoms with van der Waals surface area (Å²) in [6.45, 7) is 1.58. The van der Waals surface area contributed by atoms with Gasteiger partial charge < -0.3 is 89.9 Å². The molecular weight excluding hydrogens is 1270 g/mol. The molecule has 570 valence electrons. The fourth-order valence-corrected chi connectivity index (χ4v) is 11.8. The number of carbonyl (C=O) groups excluding carboxylic acids is 1. The van der Waals surface area contributed by atoms with Gasteiger partial charge in [-0.05, 0) is 103 Å². The Bertz CT molecular complexity index is 2380. The molecule has 0 saturated carbocycles. The average molecular weight is 1410 g/mol. The zero-order valence-corrected chi connectivity index (χ0v) is 60.6. The first-order chi connectivity index (χ1) is 48.8. The molecule has 3 fully saturated rings. The van der Waals surface area contributed by atoms with E-state index in [0.29, 0.717) is 6.42 Å². The van der Waals surface area contributed by atoms with E-state index in [-0.39, 0.29) is 18.9 Å². The van der Waals surface area contributed by atoms with Gasteiger partial charge in [-0.25, -0.2) is 0 Å². The van der Waals surface area contributed by atoms with Crippen molar-refractivity contribution in [2.75, 3.05) is 26.4 Å². The predicted molar refractivity (Wildman–Crippen MR) is 396 cm³/mol. The molecule has 0 aromatic carbocycles. The summed E-state index contributed by atoms with van der Waals surface area (Å²) in [5, 5.41) is 121. The number of ether oxygens (including phenoxy) is 6. The Morgan fingerprint density at radius 1 is 0.370 bits per heavy atom. The van der Waals surface area contributed by atoms with Gasteiger partial charge in [0.25, 0.3) is 0 Å². The molecule has 3 rings (SSSR count). The Hall–Kier alpha value is -4.33. The van der Waals surface area contributed by atoms with Crippen molar-refractivity contribution in [2.45, 2.75) is 330 Å². The third kappa shape index (κ3) is 40.1. The molecule has 17 atom stereocenters. The molecule has 0 aromatic heterocycles. The van der Waals surface area contributed by atoms with Gasteiger partial charge in [0.15, 0.2) is 18.9 Å². The number of hydrogen-bond donors (Lipinski definition) is 12. The highest BCUT2D eigenvalue weighted by Crippen LogP contribution is 2.33. The van der Waals surface area contributed by atoms with Crippen LogP contribution in [0.25, 0.3) is 0 Å². The number of aliphatic hydroxyl groups is 11. The van der Waals surface area contributed by atoms with E-state index < -0.39 is 124 Å². The molecule has 3 aliphatic rings. The maximum atomic E-state index is 13.4. The Morgan fingerprint density at radius 2 is 0.690 bits per heavy atom. The third-order valence-electron chi connectivity index (χ3n) is 17.9.